The van der Waals surface area contributed by atoms with E-state index in [1.165, 1.54) is 0 Å². The molecule has 180 valence electrons. The molecule has 0 unspecified atom stereocenters. The van der Waals surface area contributed by atoms with Crippen LogP contribution in [0.3, 0.4) is 0 Å². The number of alkyl halides is 9. The second kappa shape index (κ2) is 14.2. The summed E-state index contributed by atoms with van der Waals surface area (Å²) in [5.41, 5.74) is 5.22. The van der Waals surface area contributed by atoms with E-state index >= 15 is 0 Å². The van der Waals surface area contributed by atoms with Gasteiger partial charge in [0.15, 0.2) is 0 Å². The molecule has 0 aromatic carbocycles. The van der Waals surface area contributed by atoms with Gasteiger partial charge in [0.25, 0.3) is 0 Å². The first-order chi connectivity index (χ1) is 12.9. The number of rotatable bonds is 3. The summed E-state index contributed by atoms with van der Waals surface area (Å²) >= 11 is 0. The number of carbonyl (C=O) groups is 4. The van der Waals surface area contributed by atoms with Gasteiger partial charge in [0, 0.05) is 0 Å². The molecule has 0 aliphatic heterocycles. The maximum absolute atomic E-state index is 10.6. The Balaban J connectivity index is -0.000000151. The molecular weight excluding hydrogens is 457 g/mol. The van der Waals surface area contributed by atoms with Gasteiger partial charge in [0.1, 0.15) is 6.04 Å². The highest BCUT2D eigenvalue weighted by molar-refractivity contribution is 5.74. The van der Waals surface area contributed by atoms with Crippen molar-refractivity contribution in [2.24, 2.45) is 11.7 Å². The summed E-state index contributed by atoms with van der Waals surface area (Å²) in [7, 11) is 0. The van der Waals surface area contributed by atoms with E-state index < -0.39 is 48.4 Å². The van der Waals surface area contributed by atoms with Gasteiger partial charge in [-0.3, -0.25) is 4.79 Å². The third-order valence-electron chi connectivity index (χ3n) is 1.77. The summed E-state index contributed by atoms with van der Waals surface area (Å²) in [4.78, 5) is 36.8. The first-order valence-electron chi connectivity index (χ1n) is 6.75. The molecule has 0 rings (SSSR count). The third kappa shape index (κ3) is 27.4. The van der Waals surface area contributed by atoms with Crippen LogP contribution in [0.15, 0.2) is 0 Å². The van der Waals surface area contributed by atoms with E-state index in [0.717, 1.165) is 0 Å². The van der Waals surface area contributed by atoms with Crippen molar-refractivity contribution in [1.82, 2.24) is 0 Å². The van der Waals surface area contributed by atoms with Gasteiger partial charge in [-0.05, 0) is 12.3 Å². The Morgan fingerprint density at radius 2 is 0.833 bits per heavy atom. The van der Waals surface area contributed by atoms with Crippen LogP contribution in [0.25, 0.3) is 0 Å². The molecule has 0 aromatic heterocycles. The lowest BCUT2D eigenvalue weighted by molar-refractivity contribution is -0.193. The number of halogens is 9. The van der Waals surface area contributed by atoms with Gasteiger partial charge < -0.3 is 26.2 Å². The molecule has 9 nitrogen and oxygen atoms in total. The van der Waals surface area contributed by atoms with Gasteiger partial charge in [0.05, 0.1) is 0 Å². The van der Waals surface area contributed by atoms with Gasteiger partial charge in [-0.25, -0.2) is 14.4 Å². The second-order valence-electron chi connectivity index (χ2n) is 4.98. The molecule has 0 fully saturated rings. The molecule has 6 N–H and O–H groups in total. The van der Waals surface area contributed by atoms with Crippen molar-refractivity contribution in [3.63, 3.8) is 0 Å². The number of carboxylic acid groups (broad SMARTS) is 4. The lowest BCUT2D eigenvalue weighted by Crippen LogP contribution is -2.31. The number of hydrogen-bond donors (Lipinski definition) is 5. The van der Waals surface area contributed by atoms with Gasteiger partial charge in [0.2, 0.25) is 0 Å². The summed E-state index contributed by atoms with van der Waals surface area (Å²) in [6.45, 7) is 3.89. The highest BCUT2D eigenvalue weighted by Gasteiger charge is 2.39. The van der Waals surface area contributed by atoms with E-state index in [-0.39, 0.29) is 0 Å². The first-order valence-corrected chi connectivity index (χ1v) is 6.75. The zero-order valence-electron chi connectivity index (χ0n) is 14.8. The van der Waals surface area contributed by atoms with Crippen LogP contribution in [0, 0.1) is 5.92 Å². The van der Waals surface area contributed by atoms with Gasteiger partial charge in [-0.2, -0.15) is 39.5 Å². The Morgan fingerprint density at radius 1 is 0.667 bits per heavy atom. The third-order valence-corrected chi connectivity index (χ3v) is 1.77. The Kier molecular flexibility index (Phi) is 16.5. The number of nitrogens with two attached hydrogens (primary N) is 1. The van der Waals surface area contributed by atoms with Crippen LogP contribution in [0.4, 0.5) is 39.5 Å². The maximum atomic E-state index is 10.6. The van der Waals surface area contributed by atoms with Crippen LogP contribution < -0.4 is 5.73 Å². The maximum Gasteiger partial charge on any atom is 0.490 e. The molecular formula is C12H16F9NO8. The standard InChI is InChI=1S/C6H13NO2.3C2HF3O2/c1-4(2)3-5(7)6(8)9;3*3-2(4,5)1(6)7/h4-5H,3,7H2,1-2H3,(H,8,9);3*(H,6,7)/t5-;;;/m0.../s1. The number of hydrogen-bond acceptors (Lipinski definition) is 5. The molecule has 1 atom stereocenters. The number of carboxylic acids is 4. The molecule has 0 spiro atoms. The van der Waals surface area contributed by atoms with Crippen LogP contribution in [0.5, 0.6) is 0 Å². The van der Waals surface area contributed by atoms with Gasteiger partial charge in [-0.1, -0.05) is 13.8 Å². The Labute approximate surface area is 160 Å². The molecule has 0 aliphatic carbocycles. The van der Waals surface area contributed by atoms with Crippen LogP contribution in [0.2, 0.25) is 0 Å². The van der Waals surface area contributed by atoms with Crippen molar-refractivity contribution in [3.8, 4) is 0 Å². The van der Waals surface area contributed by atoms with Crippen molar-refractivity contribution in [2.45, 2.75) is 44.8 Å². The van der Waals surface area contributed by atoms with Crippen LogP contribution >= 0.6 is 0 Å². The Morgan fingerprint density at radius 3 is 0.867 bits per heavy atom. The van der Waals surface area contributed by atoms with E-state index in [9.17, 15) is 44.3 Å². The lowest BCUT2D eigenvalue weighted by Gasteiger charge is -2.07. The van der Waals surface area contributed by atoms with Crippen molar-refractivity contribution in [3.05, 3.63) is 0 Å². The molecule has 0 amide bonds. The fraction of sp³-hybridized carbons (Fsp3) is 0.667. The van der Waals surface area contributed by atoms with Crippen LogP contribution in [-0.2, 0) is 19.2 Å². The van der Waals surface area contributed by atoms with Crippen LogP contribution in [-0.4, -0.2) is 68.9 Å². The van der Waals surface area contributed by atoms with E-state index in [1.807, 2.05) is 13.8 Å². The summed E-state index contributed by atoms with van der Waals surface area (Å²) in [6, 6.07) is -0.690. The molecule has 0 saturated carbocycles. The van der Waals surface area contributed by atoms with Crippen molar-refractivity contribution in [2.75, 3.05) is 0 Å². The highest BCUT2D eigenvalue weighted by atomic mass is 19.4. The fourth-order valence-corrected chi connectivity index (χ4v) is 0.609. The molecule has 18 heteroatoms. The summed E-state index contributed by atoms with van der Waals surface area (Å²) < 4.78 is 95.2. The molecule has 0 heterocycles. The normalized spacial score (nSPS) is 12.0. The van der Waals surface area contributed by atoms with E-state index in [1.54, 1.807) is 0 Å². The fourth-order valence-electron chi connectivity index (χ4n) is 0.609. The molecule has 30 heavy (non-hydrogen) atoms. The van der Waals surface area contributed by atoms with Crippen molar-refractivity contribution < 1.29 is 79.1 Å². The summed E-state index contributed by atoms with van der Waals surface area (Å²) in [5.74, 6) is -8.83. The average molecular weight is 473 g/mol. The van der Waals surface area contributed by atoms with Crippen molar-refractivity contribution >= 4 is 23.9 Å². The summed E-state index contributed by atoms with van der Waals surface area (Å²) in [5, 5.41) is 29.7. The predicted octanol–water partition coefficient (Wildman–Crippen LogP) is 2.34. The van der Waals surface area contributed by atoms with Gasteiger partial charge >= 0.3 is 42.4 Å². The summed E-state index contributed by atoms with van der Waals surface area (Å²) in [6.07, 6.45) is -14.7. The zero-order chi connectivity index (χ0) is 25.7. The quantitative estimate of drug-likeness (QED) is 0.385. The first kappa shape index (κ1) is 34.7. The smallest absolute Gasteiger partial charge is 0.480 e. The highest BCUT2D eigenvalue weighted by Crippen LogP contribution is 2.14. The lowest BCUT2D eigenvalue weighted by atomic mass is 10.1. The number of aliphatic carboxylic acids is 4. The topological polar surface area (TPSA) is 175 Å². The van der Waals surface area contributed by atoms with E-state index in [4.69, 9.17) is 40.5 Å². The minimum atomic E-state index is -5.08. The Bertz CT molecular complexity index is 498. The molecule has 0 saturated heterocycles. The second-order valence-corrected chi connectivity index (χ2v) is 4.98. The SMILES string of the molecule is CC(C)C[C@H](N)C(=O)O.O=C(O)C(F)(F)F.O=C(O)C(F)(F)F.O=C(O)C(F)(F)F. The molecule has 0 radical (unpaired) electrons. The van der Waals surface area contributed by atoms with Gasteiger partial charge in [-0.15, -0.1) is 0 Å². The van der Waals surface area contributed by atoms with Crippen LogP contribution in [0.1, 0.15) is 20.3 Å². The minimum Gasteiger partial charge on any atom is -0.480 e. The molecule has 0 bridgehead atoms. The average Bonchev–Trinajstić information content (AvgIpc) is 2.45. The largest absolute Gasteiger partial charge is 0.490 e. The predicted molar refractivity (Wildman–Crippen MR) is 76.1 cm³/mol. The zero-order valence-corrected chi connectivity index (χ0v) is 14.8. The van der Waals surface area contributed by atoms with E-state index in [0.29, 0.717) is 12.3 Å². The molecule has 0 aromatic rings. The monoisotopic (exact) mass is 473 g/mol. The minimum absolute atomic E-state index is 0.357. The Hall–Kier alpha value is -2.79. The van der Waals surface area contributed by atoms with Crippen molar-refractivity contribution in [1.29, 1.82) is 0 Å². The van der Waals surface area contributed by atoms with E-state index in [2.05, 4.69) is 0 Å². The molecule has 0 aliphatic rings.